The van der Waals surface area contributed by atoms with Gasteiger partial charge < -0.3 is 0 Å². The van der Waals surface area contributed by atoms with Gasteiger partial charge in [-0.1, -0.05) is 23.7 Å². The van der Waals surface area contributed by atoms with Gasteiger partial charge in [0.15, 0.2) is 0 Å². The first-order valence-electron chi connectivity index (χ1n) is 4.76. The number of hydrogen-bond donors (Lipinski definition) is 0. The molecule has 78 valence electrons. The van der Waals surface area contributed by atoms with Crippen molar-refractivity contribution in [2.45, 2.75) is 19.4 Å². The molecular formula is C11H11ClN2O. The van der Waals surface area contributed by atoms with Gasteiger partial charge in [-0.15, -0.1) is 0 Å². The average molecular weight is 223 g/mol. The lowest BCUT2D eigenvalue weighted by Crippen LogP contribution is -2.24. The van der Waals surface area contributed by atoms with Gasteiger partial charge in [0, 0.05) is 24.6 Å². The molecule has 0 aromatic heterocycles. The Morgan fingerprint density at radius 3 is 2.73 bits per heavy atom. The predicted molar refractivity (Wildman–Crippen MR) is 59.8 cm³/mol. The Bertz CT molecular complexity index is 400. The predicted octanol–water partition coefficient (Wildman–Crippen LogP) is 2.62. The number of carbonyl (C=O) groups excluding carboxylic acids is 1. The van der Waals surface area contributed by atoms with Crippen molar-refractivity contribution in [1.29, 1.82) is 0 Å². The maximum atomic E-state index is 11.3. The number of amides is 1. The van der Waals surface area contributed by atoms with E-state index in [9.17, 15) is 4.79 Å². The summed E-state index contributed by atoms with van der Waals surface area (Å²) >= 11 is 5.81. The Morgan fingerprint density at radius 2 is 2.13 bits per heavy atom. The summed E-state index contributed by atoms with van der Waals surface area (Å²) in [6.45, 7) is 1.52. The molecule has 1 aromatic rings. The number of hydrogen-bond acceptors (Lipinski definition) is 2. The molecule has 0 aliphatic carbocycles. The summed E-state index contributed by atoms with van der Waals surface area (Å²) < 4.78 is 0. The van der Waals surface area contributed by atoms with Crippen molar-refractivity contribution in [3.8, 4) is 0 Å². The van der Waals surface area contributed by atoms with Gasteiger partial charge >= 0.3 is 0 Å². The van der Waals surface area contributed by atoms with Gasteiger partial charge in [0.1, 0.15) is 0 Å². The molecule has 0 bridgehead atoms. The number of halogens is 1. The van der Waals surface area contributed by atoms with E-state index in [0.29, 0.717) is 5.02 Å². The van der Waals surface area contributed by atoms with Gasteiger partial charge in [0.25, 0.3) is 0 Å². The van der Waals surface area contributed by atoms with Gasteiger partial charge in [-0.25, -0.2) is 5.01 Å². The van der Waals surface area contributed by atoms with E-state index in [1.54, 1.807) is 6.21 Å². The molecule has 2 rings (SSSR count). The van der Waals surface area contributed by atoms with Crippen molar-refractivity contribution < 1.29 is 4.79 Å². The molecule has 4 heteroatoms. The molecule has 0 N–H and O–H groups in total. The Labute approximate surface area is 93.3 Å². The molecule has 0 spiro atoms. The third-order valence-corrected chi connectivity index (χ3v) is 2.66. The highest BCUT2D eigenvalue weighted by molar-refractivity contribution is 6.30. The first kappa shape index (κ1) is 10.2. The molecule has 0 saturated carbocycles. The van der Waals surface area contributed by atoms with Crippen LogP contribution in [0, 0.1) is 0 Å². The molecule has 0 fully saturated rings. The summed E-state index contributed by atoms with van der Waals surface area (Å²) in [6.07, 6.45) is 2.53. The zero-order valence-corrected chi connectivity index (χ0v) is 9.11. The number of benzene rings is 1. The Kier molecular flexibility index (Phi) is 2.73. The van der Waals surface area contributed by atoms with E-state index in [0.717, 1.165) is 12.0 Å². The lowest BCUT2D eigenvalue weighted by molar-refractivity contribution is -0.130. The standard InChI is InChI=1S/C11H11ClN2O/c1-8(15)14-11(6-7-13-14)9-2-4-10(12)5-3-9/h2-5,7,11H,6H2,1H3. The van der Waals surface area contributed by atoms with Gasteiger partial charge in [-0.2, -0.15) is 5.10 Å². The SMILES string of the molecule is CC(=O)N1N=CCC1c1ccc(Cl)cc1. The zero-order chi connectivity index (χ0) is 10.8. The molecule has 0 radical (unpaired) electrons. The van der Waals surface area contributed by atoms with E-state index in [1.807, 2.05) is 24.3 Å². The second kappa shape index (κ2) is 4.03. The molecule has 1 aliphatic heterocycles. The average Bonchev–Trinajstić information content (AvgIpc) is 2.67. The Balaban J connectivity index is 2.24. The van der Waals surface area contributed by atoms with E-state index in [-0.39, 0.29) is 11.9 Å². The van der Waals surface area contributed by atoms with Crippen molar-refractivity contribution in [2.75, 3.05) is 0 Å². The highest BCUT2D eigenvalue weighted by Gasteiger charge is 2.25. The molecule has 1 heterocycles. The fraction of sp³-hybridized carbons (Fsp3) is 0.273. The van der Waals surface area contributed by atoms with Gasteiger partial charge in [0.05, 0.1) is 6.04 Å². The summed E-state index contributed by atoms with van der Waals surface area (Å²) in [5.74, 6) is -0.0382. The second-order valence-electron chi connectivity index (χ2n) is 3.46. The minimum absolute atomic E-state index is 0.0276. The largest absolute Gasteiger partial charge is 0.273 e. The highest BCUT2D eigenvalue weighted by atomic mass is 35.5. The van der Waals surface area contributed by atoms with E-state index >= 15 is 0 Å². The maximum absolute atomic E-state index is 11.3. The third-order valence-electron chi connectivity index (χ3n) is 2.41. The van der Waals surface area contributed by atoms with E-state index in [2.05, 4.69) is 5.10 Å². The molecule has 1 aromatic carbocycles. The monoisotopic (exact) mass is 222 g/mol. The van der Waals surface area contributed by atoms with Crippen molar-refractivity contribution >= 4 is 23.7 Å². The lowest BCUT2D eigenvalue weighted by atomic mass is 10.0. The minimum Gasteiger partial charge on any atom is -0.273 e. The summed E-state index contributed by atoms with van der Waals surface area (Å²) in [5.41, 5.74) is 1.06. The Hall–Kier alpha value is -1.35. The summed E-state index contributed by atoms with van der Waals surface area (Å²) in [5, 5.41) is 6.25. The quantitative estimate of drug-likeness (QED) is 0.719. The molecule has 0 saturated heterocycles. The second-order valence-corrected chi connectivity index (χ2v) is 3.90. The molecule has 1 amide bonds. The van der Waals surface area contributed by atoms with E-state index < -0.39 is 0 Å². The lowest BCUT2D eigenvalue weighted by Gasteiger charge is -2.20. The van der Waals surface area contributed by atoms with Gasteiger partial charge in [-0.3, -0.25) is 4.79 Å². The minimum atomic E-state index is -0.0382. The van der Waals surface area contributed by atoms with Gasteiger partial charge in [0.2, 0.25) is 5.91 Å². The number of nitrogens with zero attached hydrogens (tertiary/aromatic N) is 2. The van der Waals surface area contributed by atoms with Crippen LogP contribution in [0.5, 0.6) is 0 Å². The maximum Gasteiger partial charge on any atom is 0.240 e. The van der Waals surface area contributed by atoms with Crippen LogP contribution in [0.2, 0.25) is 5.02 Å². The summed E-state index contributed by atoms with van der Waals surface area (Å²) in [4.78, 5) is 11.3. The van der Waals surface area contributed by atoms with Crippen molar-refractivity contribution in [3.05, 3.63) is 34.9 Å². The topological polar surface area (TPSA) is 32.7 Å². The van der Waals surface area contributed by atoms with Crippen LogP contribution < -0.4 is 0 Å². The molecule has 15 heavy (non-hydrogen) atoms. The first-order chi connectivity index (χ1) is 7.18. The molecule has 1 atom stereocenters. The number of hydrazone groups is 1. The van der Waals surface area contributed by atoms with Crippen LogP contribution in [0.3, 0.4) is 0 Å². The third kappa shape index (κ3) is 2.02. The molecular weight excluding hydrogens is 212 g/mol. The summed E-state index contributed by atoms with van der Waals surface area (Å²) in [6, 6.07) is 7.54. The smallest absolute Gasteiger partial charge is 0.240 e. The van der Waals surface area contributed by atoms with Crippen LogP contribution in [0.25, 0.3) is 0 Å². The molecule has 1 unspecified atom stereocenters. The van der Waals surface area contributed by atoms with Gasteiger partial charge in [-0.05, 0) is 17.7 Å². The number of carbonyl (C=O) groups is 1. The fourth-order valence-corrected chi connectivity index (χ4v) is 1.80. The normalized spacial score (nSPS) is 19.6. The fourth-order valence-electron chi connectivity index (χ4n) is 1.68. The van der Waals surface area contributed by atoms with Crippen LogP contribution >= 0.6 is 11.6 Å². The summed E-state index contributed by atoms with van der Waals surface area (Å²) in [7, 11) is 0. The number of rotatable bonds is 1. The van der Waals surface area contributed by atoms with E-state index in [4.69, 9.17) is 11.6 Å². The Morgan fingerprint density at radius 1 is 1.47 bits per heavy atom. The van der Waals surface area contributed by atoms with E-state index in [1.165, 1.54) is 11.9 Å². The van der Waals surface area contributed by atoms with Crippen LogP contribution in [-0.2, 0) is 4.79 Å². The zero-order valence-electron chi connectivity index (χ0n) is 8.35. The molecule has 1 aliphatic rings. The van der Waals surface area contributed by atoms with Crippen molar-refractivity contribution in [3.63, 3.8) is 0 Å². The highest BCUT2D eigenvalue weighted by Crippen LogP contribution is 2.28. The first-order valence-corrected chi connectivity index (χ1v) is 5.14. The van der Waals surface area contributed by atoms with Crippen LogP contribution in [0.15, 0.2) is 29.4 Å². The van der Waals surface area contributed by atoms with Crippen molar-refractivity contribution in [1.82, 2.24) is 5.01 Å². The van der Waals surface area contributed by atoms with Crippen LogP contribution in [0.1, 0.15) is 24.9 Å². The van der Waals surface area contributed by atoms with Crippen LogP contribution in [0.4, 0.5) is 0 Å². The van der Waals surface area contributed by atoms with Crippen LogP contribution in [-0.4, -0.2) is 17.1 Å². The van der Waals surface area contributed by atoms with Crippen molar-refractivity contribution in [2.24, 2.45) is 5.10 Å². The molecule has 3 nitrogen and oxygen atoms in total.